The van der Waals surface area contributed by atoms with Crippen molar-refractivity contribution in [3.05, 3.63) is 65.5 Å². The number of halogens is 1. The van der Waals surface area contributed by atoms with Crippen molar-refractivity contribution >= 4 is 17.5 Å². The molecule has 0 aliphatic carbocycles. The fraction of sp³-hybridized carbons (Fsp3) is 0.348. The van der Waals surface area contributed by atoms with E-state index < -0.39 is 11.9 Å². The van der Waals surface area contributed by atoms with Gasteiger partial charge in [-0.1, -0.05) is 50.2 Å². The Labute approximate surface area is 175 Å². The van der Waals surface area contributed by atoms with Crippen molar-refractivity contribution < 1.29 is 18.7 Å². The lowest BCUT2D eigenvalue weighted by Crippen LogP contribution is -2.40. The van der Waals surface area contributed by atoms with E-state index in [2.05, 4.69) is 5.10 Å². The van der Waals surface area contributed by atoms with Gasteiger partial charge in [0.1, 0.15) is 18.1 Å². The molecule has 6 nitrogen and oxygen atoms in total. The van der Waals surface area contributed by atoms with Crippen LogP contribution in [0.3, 0.4) is 0 Å². The Balaban J connectivity index is 1.96. The molecule has 30 heavy (non-hydrogen) atoms. The summed E-state index contributed by atoms with van der Waals surface area (Å²) in [7, 11) is 3.16. The van der Waals surface area contributed by atoms with E-state index in [4.69, 9.17) is 4.74 Å². The summed E-state index contributed by atoms with van der Waals surface area (Å²) in [6, 6.07) is 13.3. The van der Waals surface area contributed by atoms with Crippen LogP contribution in [0, 0.1) is 11.7 Å². The number of rotatable bonds is 6. The van der Waals surface area contributed by atoms with E-state index >= 15 is 0 Å². The van der Waals surface area contributed by atoms with Crippen molar-refractivity contribution in [3.8, 4) is 5.75 Å². The van der Waals surface area contributed by atoms with Gasteiger partial charge >= 0.3 is 0 Å². The van der Waals surface area contributed by atoms with Gasteiger partial charge in [-0.25, -0.2) is 9.40 Å². The number of nitrogens with zero attached hydrogens (tertiary/aromatic N) is 3. The molecule has 0 saturated heterocycles. The van der Waals surface area contributed by atoms with Crippen LogP contribution in [0.15, 0.2) is 53.6 Å². The largest absolute Gasteiger partial charge is 0.496 e. The number of para-hydroxylation sites is 1. The van der Waals surface area contributed by atoms with Gasteiger partial charge in [0.25, 0.3) is 5.91 Å². The van der Waals surface area contributed by atoms with Gasteiger partial charge in [-0.3, -0.25) is 9.59 Å². The number of hydrazone groups is 1. The molecular weight excluding hydrogens is 385 g/mol. The van der Waals surface area contributed by atoms with Gasteiger partial charge in [-0.15, -0.1) is 0 Å². The molecule has 0 saturated carbocycles. The lowest BCUT2D eigenvalue weighted by molar-refractivity contribution is -0.142. The SMILES string of the molecule is COc1ccccc1[C@H]1CC(c2ccccc2F)=NN1C(=O)CN(C)C(=O)C(C)C. The van der Waals surface area contributed by atoms with Crippen molar-refractivity contribution in [2.45, 2.75) is 26.3 Å². The first-order chi connectivity index (χ1) is 14.3. The molecule has 0 aromatic heterocycles. The number of carbonyl (C=O) groups excluding carboxylic acids is 2. The third-order valence-electron chi connectivity index (χ3n) is 5.09. The van der Waals surface area contributed by atoms with E-state index in [1.54, 1.807) is 46.2 Å². The van der Waals surface area contributed by atoms with E-state index in [9.17, 15) is 14.0 Å². The zero-order valence-electron chi connectivity index (χ0n) is 17.6. The first-order valence-electron chi connectivity index (χ1n) is 9.85. The van der Waals surface area contributed by atoms with Crippen LogP contribution in [-0.2, 0) is 9.59 Å². The zero-order chi connectivity index (χ0) is 21.8. The predicted octanol–water partition coefficient (Wildman–Crippen LogP) is 3.63. The van der Waals surface area contributed by atoms with E-state index in [1.807, 2.05) is 24.3 Å². The summed E-state index contributed by atoms with van der Waals surface area (Å²) in [6.45, 7) is 3.45. The first-order valence-corrected chi connectivity index (χ1v) is 9.85. The van der Waals surface area contributed by atoms with Crippen LogP contribution in [0.25, 0.3) is 0 Å². The lowest BCUT2D eigenvalue weighted by Gasteiger charge is -2.26. The number of likely N-dealkylation sites (N-methyl/N-ethyl adjacent to an activating group) is 1. The second kappa shape index (κ2) is 9.07. The third kappa shape index (κ3) is 4.35. The monoisotopic (exact) mass is 411 g/mol. The Morgan fingerprint density at radius 3 is 2.53 bits per heavy atom. The predicted molar refractivity (Wildman–Crippen MR) is 113 cm³/mol. The Morgan fingerprint density at radius 2 is 1.87 bits per heavy atom. The Morgan fingerprint density at radius 1 is 1.20 bits per heavy atom. The van der Waals surface area contributed by atoms with Gasteiger partial charge in [-0.2, -0.15) is 5.10 Å². The molecule has 2 aromatic carbocycles. The van der Waals surface area contributed by atoms with Crippen LogP contribution in [0.5, 0.6) is 5.75 Å². The maximum atomic E-state index is 14.4. The lowest BCUT2D eigenvalue weighted by atomic mass is 9.97. The number of carbonyl (C=O) groups is 2. The van der Waals surface area contributed by atoms with Crippen LogP contribution in [-0.4, -0.2) is 48.1 Å². The number of amides is 2. The molecule has 0 fully saturated rings. The van der Waals surface area contributed by atoms with E-state index in [0.717, 1.165) is 5.56 Å². The molecule has 158 valence electrons. The molecule has 0 N–H and O–H groups in total. The fourth-order valence-corrected chi connectivity index (χ4v) is 3.58. The highest BCUT2D eigenvalue weighted by atomic mass is 19.1. The van der Waals surface area contributed by atoms with Crippen LogP contribution in [0.1, 0.15) is 37.4 Å². The Hall–Kier alpha value is -3.22. The molecule has 7 heteroatoms. The second-order valence-electron chi connectivity index (χ2n) is 7.58. The number of hydrogen-bond acceptors (Lipinski definition) is 4. The van der Waals surface area contributed by atoms with Gasteiger partial charge in [-0.05, 0) is 12.1 Å². The van der Waals surface area contributed by atoms with Gasteiger partial charge < -0.3 is 9.64 Å². The van der Waals surface area contributed by atoms with Crippen molar-refractivity contribution in [3.63, 3.8) is 0 Å². The van der Waals surface area contributed by atoms with Gasteiger partial charge in [0, 0.05) is 30.5 Å². The maximum Gasteiger partial charge on any atom is 0.262 e. The molecular formula is C23H26FN3O3. The molecule has 0 unspecified atom stereocenters. The summed E-state index contributed by atoms with van der Waals surface area (Å²) in [5.41, 5.74) is 1.62. The minimum absolute atomic E-state index is 0.114. The zero-order valence-corrected chi connectivity index (χ0v) is 17.6. The molecule has 0 spiro atoms. The summed E-state index contributed by atoms with van der Waals surface area (Å²) < 4.78 is 19.9. The molecule has 1 aliphatic heterocycles. The molecule has 1 atom stereocenters. The van der Waals surface area contributed by atoms with Gasteiger partial charge in [0.05, 0.1) is 18.9 Å². The summed E-state index contributed by atoms with van der Waals surface area (Å²) in [4.78, 5) is 26.7. The summed E-state index contributed by atoms with van der Waals surface area (Å²) in [5.74, 6) is -0.458. The normalized spacial score (nSPS) is 15.9. The highest BCUT2D eigenvalue weighted by molar-refractivity contribution is 6.03. The quantitative estimate of drug-likeness (QED) is 0.729. The highest BCUT2D eigenvalue weighted by Gasteiger charge is 2.36. The Kier molecular flexibility index (Phi) is 6.50. The molecule has 3 rings (SSSR count). The topological polar surface area (TPSA) is 62.2 Å². The van der Waals surface area contributed by atoms with E-state index in [0.29, 0.717) is 23.4 Å². The molecule has 2 aromatic rings. The third-order valence-corrected chi connectivity index (χ3v) is 5.09. The fourth-order valence-electron chi connectivity index (χ4n) is 3.58. The number of methoxy groups -OCH3 is 1. The number of ether oxygens (including phenoxy) is 1. The van der Waals surface area contributed by atoms with Crippen molar-refractivity contribution in [1.82, 2.24) is 9.91 Å². The number of benzene rings is 2. The summed E-state index contributed by atoms with van der Waals surface area (Å²) >= 11 is 0. The van der Waals surface area contributed by atoms with E-state index in [1.165, 1.54) is 16.0 Å². The van der Waals surface area contributed by atoms with Crippen LogP contribution < -0.4 is 4.74 Å². The second-order valence-corrected chi connectivity index (χ2v) is 7.58. The Bertz CT molecular complexity index is 974. The molecule has 1 heterocycles. The smallest absolute Gasteiger partial charge is 0.262 e. The molecule has 0 radical (unpaired) electrons. The van der Waals surface area contributed by atoms with Gasteiger partial charge in [0.15, 0.2) is 0 Å². The minimum atomic E-state index is -0.453. The molecule has 1 aliphatic rings. The first kappa shape index (κ1) is 21.5. The standard InChI is InChI=1S/C23H26FN3O3/c1-15(2)23(29)26(3)14-22(28)27-20(17-10-6-8-12-21(17)30-4)13-19(25-27)16-9-5-7-11-18(16)24/h5-12,15,20H,13-14H2,1-4H3/t20-/m1/s1. The summed E-state index contributed by atoms with van der Waals surface area (Å²) in [6.07, 6.45) is 0.342. The van der Waals surface area contributed by atoms with Crippen LogP contribution >= 0.6 is 0 Å². The van der Waals surface area contributed by atoms with Gasteiger partial charge in [0.2, 0.25) is 5.91 Å². The highest BCUT2D eigenvalue weighted by Crippen LogP contribution is 2.37. The van der Waals surface area contributed by atoms with Crippen LogP contribution in [0.4, 0.5) is 4.39 Å². The van der Waals surface area contributed by atoms with Crippen molar-refractivity contribution in [1.29, 1.82) is 0 Å². The minimum Gasteiger partial charge on any atom is -0.496 e. The average Bonchev–Trinajstić information content (AvgIpc) is 3.18. The van der Waals surface area contributed by atoms with Crippen LogP contribution in [0.2, 0.25) is 0 Å². The maximum absolute atomic E-state index is 14.4. The van der Waals surface area contributed by atoms with Crippen molar-refractivity contribution in [2.75, 3.05) is 20.7 Å². The average molecular weight is 411 g/mol. The number of hydrogen-bond donors (Lipinski definition) is 0. The van der Waals surface area contributed by atoms with E-state index in [-0.39, 0.29) is 24.3 Å². The summed E-state index contributed by atoms with van der Waals surface area (Å²) in [5, 5.41) is 5.83. The van der Waals surface area contributed by atoms with Crippen molar-refractivity contribution in [2.24, 2.45) is 11.0 Å². The molecule has 0 bridgehead atoms. The molecule has 2 amide bonds.